The number of esters is 1. The Kier molecular flexibility index (Phi) is 14.9. The van der Waals surface area contributed by atoms with Gasteiger partial charge < -0.3 is 23.8 Å². The van der Waals surface area contributed by atoms with Gasteiger partial charge in [0, 0.05) is 20.0 Å². The molecule has 0 aromatic rings. The van der Waals surface area contributed by atoms with E-state index in [1.807, 2.05) is 20.8 Å². The molecular weight excluding hydrogens is 350 g/mol. The van der Waals surface area contributed by atoms with Gasteiger partial charge in [-0.25, -0.2) is 4.79 Å². The van der Waals surface area contributed by atoms with Crippen molar-refractivity contribution < 1.29 is 28.5 Å². The monoisotopic (exact) mass is 389 g/mol. The molecule has 7 heteroatoms. The van der Waals surface area contributed by atoms with Crippen molar-refractivity contribution in [3.8, 4) is 0 Å². The lowest BCUT2D eigenvalue weighted by Crippen LogP contribution is -2.36. The van der Waals surface area contributed by atoms with Gasteiger partial charge in [0.1, 0.15) is 12.2 Å². The third-order valence-electron chi connectivity index (χ3n) is 3.62. The van der Waals surface area contributed by atoms with Crippen molar-refractivity contribution in [2.75, 3.05) is 46.6 Å². The molecule has 0 aliphatic carbocycles. The van der Waals surface area contributed by atoms with Crippen LogP contribution in [0.2, 0.25) is 0 Å². The molecule has 0 spiro atoms. The molecule has 0 bridgehead atoms. The van der Waals surface area contributed by atoms with E-state index in [0.717, 1.165) is 12.8 Å². The van der Waals surface area contributed by atoms with Gasteiger partial charge in [-0.1, -0.05) is 32.6 Å². The van der Waals surface area contributed by atoms with E-state index in [4.69, 9.17) is 18.9 Å². The fourth-order valence-corrected chi connectivity index (χ4v) is 2.11. The lowest BCUT2D eigenvalue weighted by Gasteiger charge is -2.24. The maximum Gasteiger partial charge on any atom is 0.410 e. The van der Waals surface area contributed by atoms with E-state index < -0.39 is 5.60 Å². The molecule has 0 aromatic heterocycles. The van der Waals surface area contributed by atoms with Crippen molar-refractivity contribution in [1.29, 1.82) is 0 Å². The van der Waals surface area contributed by atoms with E-state index in [-0.39, 0.29) is 18.7 Å². The molecule has 160 valence electrons. The fraction of sp³-hybridized carbons (Fsp3) is 0.900. The zero-order chi connectivity index (χ0) is 20.5. The summed E-state index contributed by atoms with van der Waals surface area (Å²) in [4.78, 5) is 24.7. The number of carbonyl (C=O) groups excluding carboxylic acids is 2. The molecular formula is C20H39NO6. The second-order valence-corrected chi connectivity index (χ2v) is 7.51. The number of nitrogens with zero attached hydrogens (tertiary/aromatic N) is 1. The largest absolute Gasteiger partial charge is 0.463 e. The maximum absolute atomic E-state index is 11.7. The first-order valence-corrected chi connectivity index (χ1v) is 10.0. The van der Waals surface area contributed by atoms with Crippen molar-refractivity contribution in [2.45, 2.75) is 71.8 Å². The third-order valence-corrected chi connectivity index (χ3v) is 3.62. The van der Waals surface area contributed by atoms with Crippen molar-refractivity contribution in [2.24, 2.45) is 0 Å². The number of ether oxygens (including phenoxy) is 4. The predicted molar refractivity (Wildman–Crippen MR) is 105 cm³/mol. The highest BCUT2D eigenvalue weighted by Gasteiger charge is 2.19. The van der Waals surface area contributed by atoms with Gasteiger partial charge in [-0.2, -0.15) is 0 Å². The summed E-state index contributed by atoms with van der Waals surface area (Å²) >= 11 is 0. The summed E-state index contributed by atoms with van der Waals surface area (Å²) in [7, 11) is 1.67. The Morgan fingerprint density at radius 1 is 0.852 bits per heavy atom. The van der Waals surface area contributed by atoms with Crippen LogP contribution in [-0.4, -0.2) is 69.2 Å². The molecule has 0 saturated heterocycles. The van der Waals surface area contributed by atoms with Crippen LogP contribution in [0.3, 0.4) is 0 Å². The number of hydrogen-bond donors (Lipinski definition) is 0. The van der Waals surface area contributed by atoms with Crippen molar-refractivity contribution >= 4 is 12.1 Å². The first kappa shape index (κ1) is 25.7. The topological polar surface area (TPSA) is 74.3 Å². The van der Waals surface area contributed by atoms with Gasteiger partial charge in [-0.3, -0.25) is 4.79 Å². The van der Waals surface area contributed by atoms with E-state index in [1.165, 1.54) is 24.2 Å². The van der Waals surface area contributed by atoms with Gasteiger partial charge in [0.25, 0.3) is 0 Å². The number of amides is 1. The lowest BCUT2D eigenvalue weighted by molar-refractivity contribution is -0.145. The second-order valence-electron chi connectivity index (χ2n) is 7.51. The Hall–Kier alpha value is -1.34. The Balaban J connectivity index is 3.42. The molecule has 0 N–H and O–H groups in total. The number of likely N-dealkylation sites (N-methyl/N-ethyl adjacent to an activating group) is 1. The van der Waals surface area contributed by atoms with Crippen LogP contribution in [0.15, 0.2) is 0 Å². The zero-order valence-corrected chi connectivity index (χ0v) is 17.9. The van der Waals surface area contributed by atoms with Crippen molar-refractivity contribution in [1.82, 2.24) is 4.90 Å². The van der Waals surface area contributed by atoms with Gasteiger partial charge >= 0.3 is 12.1 Å². The summed E-state index contributed by atoms with van der Waals surface area (Å²) in [6, 6.07) is 0. The molecule has 0 aromatic carbocycles. The summed E-state index contributed by atoms with van der Waals surface area (Å²) in [5.41, 5.74) is -0.501. The highest BCUT2D eigenvalue weighted by molar-refractivity contribution is 5.69. The van der Waals surface area contributed by atoms with Crippen LogP contribution in [0.1, 0.15) is 66.2 Å². The van der Waals surface area contributed by atoms with Gasteiger partial charge in [-0.15, -0.1) is 0 Å². The highest BCUT2D eigenvalue weighted by Crippen LogP contribution is 2.08. The lowest BCUT2D eigenvalue weighted by atomic mass is 10.1. The van der Waals surface area contributed by atoms with Gasteiger partial charge in [0.2, 0.25) is 0 Å². The zero-order valence-electron chi connectivity index (χ0n) is 17.9. The normalized spacial score (nSPS) is 11.3. The highest BCUT2D eigenvalue weighted by atomic mass is 16.6. The minimum Gasteiger partial charge on any atom is -0.463 e. The third kappa shape index (κ3) is 17.8. The molecule has 0 aliphatic rings. The molecule has 0 radical (unpaired) electrons. The van der Waals surface area contributed by atoms with Crippen molar-refractivity contribution in [3.63, 3.8) is 0 Å². The maximum atomic E-state index is 11.7. The summed E-state index contributed by atoms with van der Waals surface area (Å²) in [5.74, 6) is -0.156. The van der Waals surface area contributed by atoms with Crippen LogP contribution in [0, 0.1) is 0 Å². The van der Waals surface area contributed by atoms with Crippen LogP contribution in [0.4, 0.5) is 4.79 Å². The minimum atomic E-state index is -0.501. The molecule has 0 aliphatic heterocycles. The Morgan fingerprint density at radius 3 is 2.07 bits per heavy atom. The van der Waals surface area contributed by atoms with E-state index in [0.29, 0.717) is 39.4 Å². The van der Waals surface area contributed by atoms with Crippen LogP contribution >= 0.6 is 0 Å². The van der Waals surface area contributed by atoms with Gasteiger partial charge in [0.05, 0.1) is 26.4 Å². The minimum absolute atomic E-state index is 0.156. The number of rotatable bonds is 15. The molecule has 1 amide bonds. The Labute approximate surface area is 164 Å². The van der Waals surface area contributed by atoms with E-state index >= 15 is 0 Å². The van der Waals surface area contributed by atoms with E-state index in [2.05, 4.69) is 6.92 Å². The first-order valence-electron chi connectivity index (χ1n) is 10.0. The average molecular weight is 390 g/mol. The fourth-order valence-electron chi connectivity index (χ4n) is 2.11. The number of carbonyl (C=O) groups is 2. The smallest absolute Gasteiger partial charge is 0.410 e. The average Bonchev–Trinajstić information content (AvgIpc) is 2.58. The number of unbranched alkanes of at least 4 members (excludes halogenated alkanes) is 4. The van der Waals surface area contributed by atoms with Crippen LogP contribution in [0.5, 0.6) is 0 Å². The standard InChI is InChI=1S/C20H39NO6/c1-6-7-8-9-10-11-18(22)26-17-16-25-15-14-24-13-12-21(5)19(23)27-20(2,3)4/h6-17H2,1-5H3. The Bertz CT molecular complexity index is 394. The molecule has 0 atom stereocenters. The molecule has 0 rings (SSSR count). The summed E-state index contributed by atoms with van der Waals surface area (Å²) in [6.45, 7) is 10.0. The molecule has 0 fully saturated rings. The molecule has 7 nitrogen and oxygen atoms in total. The van der Waals surface area contributed by atoms with E-state index in [9.17, 15) is 9.59 Å². The molecule has 0 heterocycles. The number of hydrogen-bond acceptors (Lipinski definition) is 6. The summed E-state index contributed by atoms with van der Waals surface area (Å²) in [6.07, 6.45) is 5.70. The van der Waals surface area contributed by atoms with Crippen molar-refractivity contribution in [3.05, 3.63) is 0 Å². The van der Waals surface area contributed by atoms with Gasteiger partial charge in [0.15, 0.2) is 0 Å². The first-order chi connectivity index (χ1) is 12.8. The van der Waals surface area contributed by atoms with Crippen LogP contribution < -0.4 is 0 Å². The predicted octanol–water partition coefficient (Wildman–Crippen LogP) is 3.79. The van der Waals surface area contributed by atoms with Crippen LogP contribution in [-0.2, 0) is 23.7 Å². The Morgan fingerprint density at radius 2 is 1.44 bits per heavy atom. The second kappa shape index (κ2) is 15.7. The molecule has 0 unspecified atom stereocenters. The molecule has 27 heavy (non-hydrogen) atoms. The SMILES string of the molecule is CCCCCCCC(=O)OCCOCCOCCN(C)C(=O)OC(C)(C)C. The van der Waals surface area contributed by atoms with Gasteiger partial charge in [-0.05, 0) is 27.2 Å². The quantitative estimate of drug-likeness (QED) is 0.313. The summed E-state index contributed by atoms with van der Waals surface area (Å²) in [5, 5.41) is 0. The molecule has 0 saturated carbocycles. The van der Waals surface area contributed by atoms with E-state index in [1.54, 1.807) is 7.05 Å². The van der Waals surface area contributed by atoms with Crippen LogP contribution in [0.25, 0.3) is 0 Å². The summed E-state index contributed by atoms with van der Waals surface area (Å²) < 4.78 is 21.1.